The van der Waals surface area contributed by atoms with Crippen LogP contribution in [-0.2, 0) is 6.42 Å². The molecule has 1 aromatic carbocycles. The first-order valence-electron chi connectivity index (χ1n) is 4.81. The summed E-state index contributed by atoms with van der Waals surface area (Å²) >= 11 is 0. The number of nitrogens with one attached hydrogen (secondary N) is 1. The number of alkyl halides is 1. The van der Waals surface area contributed by atoms with Gasteiger partial charge in [0.25, 0.3) is 0 Å². The second-order valence-electron chi connectivity index (χ2n) is 4.11. The van der Waals surface area contributed by atoms with Gasteiger partial charge in [0.1, 0.15) is 11.4 Å². The molecule has 0 saturated heterocycles. The van der Waals surface area contributed by atoms with Crippen molar-refractivity contribution in [3.63, 3.8) is 0 Å². The predicted octanol–water partition coefficient (Wildman–Crippen LogP) is 2.48. The van der Waals surface area contributed by atoms with Crippen molar-refractivity contribution >= 4 is 5.69 Å². The average molecular weight is 195 g/mol. The quantitative estimate of drug-likeness (QED) is 0.666. The maximum Gasteiger partial charge on any atom is 0.125 e. The van der Waals surface area contributed by atoms with E-state index in [2.05, 4.69) is 5.32 Å². The van der Waals surface area contributed by atoms with Crippen LogP contribution in [-0.4, -0.2) is 17.3 Å². The Balaban J connectivity index is 2.30. The molecule has 2 N–H and O–H groups in total. The van der Waals surface area contributed by atoms with Crippen molar-refractivity contribution in [1.29, 1.82) is 0 Å². The summed E-state index contributed by atoms with van der Waals surface area (Å²) in [4.78, 5) is 0. The number of halogens is 1. The summed E-state index contributed by atoms with van der Waals surface area (Å²) in [6.45, 7) is 1.91. The monoisotopic (exact) mass is 195 g/mol. The van der Waals surface area contributed by atoms with Gasteiger partial charge in [0.15, 0.2) is 0 Å². The fraction of sp³-hybridized carbons (Fsp3) is 0.455. The Bertz CT molecular complexity index is 349. The number of anilines is 1. The van der Waals surface area contributed by atoms with Crippen molar-refractivity contribution in [2.45, 2.75) is 25.4 Å². The first-order chi connectivity index (χ1) is 6.57. The molecule has 2 rings (SSSR count). The van der Waals surface area contributed by atoms with E-state index in [1.807, 2.05) is 6.07 Å². The second kappa shape index (κ2) is 3.15. The first kappa shape index (κ1) is 9.31. The predicted molar refractivity (Wildman–Crippen MR) is 54.4 cm³/mol. The maximum absolute atomic E-state index is 13.7. The molecule has 2 nitrogen and oxygen atoms in total. The second-order valence-corrected chi connectivity index (χ2v) is 4.11. The number of hydrogen-bond acceptors (Lipinski definition) is 2. The van der Waals surface area contributed by atoms with Gasteiger partial charge in [-0.1, -0.05) is 6.07 Å². The van der Waals surface area contributed by atoms with E-state index < -0.39 is 5.67 Å². The number of hydrogen-bond donors (Lipinski definition) is 2. The normalized spacial score (nSPS) is 26.1. The van der Waals surface area contributed by atoms with Gasteiger partial charge in [0.2, 0.25) is 0 Å². The van der Waals surface area contributed by atoms with E-state index >= 15 is 0 Å². The number of rotatable bonds is 0. The van der Waals surface area contributed by atoms with Crippen LogP contribution in [0.15, 0.2) is 18.2 Å². The smallest absolute Gasteiger partial charge is 0.125 e. The summed E-state index contributed by atoms with van der Waals surface area (Å²) in [6.07, 6.45) is 1.24. The van der Waals surface area contributed by atoms with Crippen LogP contribution in [0.4, 0.5) is 10.1 Å². The number of aromatic hydroxyl groups is 1. The zero-order valence-electron chi connectivity index (χ0n) is 8.18. The molecule has 0 saturated carbocycles. The van der Waals surface area contributed by atoms with Gasteiger partial charge in [-0.3, -0.25) is 0 Å². The van der Waals surface area contributed by atoms with E-state index in [-0.39, 0.29) is 5.75 Å². The van der Waals surface area contributed by atoms with Gasteiger partial charge < -0.3 is 10.4 Å². The van der Waals surface area contributed by atoms with Crippen LogP contribution in [0, 0.1) is 0 Å². The molecule has 0 aliphatic carbocycles. The van der Waals surface area contributed by atoms with Crippen LogP contribution in [0.1, 0.15) is 18.9 Å². The Hall–Kier alpha value is -1.25. The highest BCUT2D eigenvalue weighted by molar-refractivity contribution is 5.56. The molecule has 76 valence electrons. The Labute approximate surface area is 82.8 Å². The molecule has 3 heteroatoms. The Morgan fingerprint density at radius 1 is 1.50 bits per heavy atom. The summed E-state index contributed by atoms with van der Waals surface area (Å²) < 4.78 is 13.7. The summed E-state index contributed by atoms with van der Waals surface area (Å²) in [5.41, 5.74) is 0.768. The molecular weight excluding hydrogens is 181 g/mol. The molecule has 0 bridgehead atoms. The van der Waals surface area contributed by atoms with E-state index in [0.29, 0.717) is 13.0 Å². The summed E-state index contributed by atoms with van der Waals surface area (Å²) in [5, 5.41) is 12.3. The summed E-state index contributed by atoms with van der Waals surface area (Å²) in [5.74, 6) is 0.221. The van der Waals surface area contributed by atoms with Crippen LogP contribution < -0.4 is 5.32 Å². The Morgan fingerprint density at radius 2 is 2.29 bits per heavy atom. The van der Waals surface area contributed by atoms with E-state index in [9.17, 15) is 9.50 Å². The van der Waals surface area contributed by atoms with Crippen molar-refractivity contribution in [3.8, 4) is 5.75 Å². The third-order valence-corrected chi connectivity index (χ3v) is 2.66. The lowest BCUT2D eigenvalue weighted by molar-refractivity contribution is 0.195. The van der Waals surface area contributed by atoms with Crippen molar-refractivity contribution in [1.82, 2.24) is 0 Å². The highest BCUT2D eigenvalue weighted by Gasteiger charge is 2.26. The third kappa shape index (κ3) is 1.81. The standard InChI is InChI=1S/C11H14FNO/c1-11(12)5-4-8-2-3-9(14)6-10(8)13-7-11/h2-3,6,13-14H,4-5,7H2,1H3. The SMILES string of the molecule is CC1(F)CCc2ccc(O)cc2NC1. The van der Waals surface area contributed by atoms with Crippen molar-refractivity contribution < 1.29 is 9.50 Å². The number of aryl methyl sites for hydroxylation is 1. The molecule has 1 aliphatic heterocycles. The molecule has 0 aromatic heterocycles. The molecule has 14 heavy (non-hydrogen) atoms. The highest BCUT2D eigenvalue weighted by Crippen LogP contribution is 2.30. The largest absolute Gasteiger partial charge is 0.508 e. The van der Waals surface area contributed by atoms with E-state index in [0.717, 1.165) is 17.7 Å². The van der Waals surface area contributed by atoms with Crippen LogP contribution in [0.5, 0.6) is 5.75 Å². The lowest BCUT2D eigenvalue weighted by Gasteiger charge is -2.17. The molecule has 0 radical (unpaired) electrons. The number of phenols is 1. The van der Waals surface area contributed by atoms with Crippen LogP contribution in [0.2, 0.25) is 0 Å². The minimum absolute atomic E-state index is 0.221. The van der Waals surface area contributed by atoms with Gasteiger partial charge in [0.05, 0.1) is 0 Å². The number of benzene rings is 1. The topological polar surface area (TPSA) is 32.3 Å². The van der Waals surface area contributed by atoms with E-state index in [1.54, 1.807) is 19.1 Å². The van der Waals surface area contributed by atoms with Crippen LogP contribution in [0.25, 0.3) is 0 Å². The number of fused-ring (bicyclic) bond motifs is 1. The maximum atomic E-state index is 13.7. The lowest BCUT2D eigenvalue weighted by Crippen LogP contribution is -2.26. The fourth-order valence-corrected chi connectivity index (χ4v) is 1.71. The van der Waals surface area contributed by atoms with Gasteiger partial charge in [-0.15, -0.1) is 0 Å². The van der Waals surface area contributed by atoms with E-state index in [4.69, 9.17) is 0 Å². The Kier molecular flexibility index (Phi) is 2.10. The summed E-state index contributed by atoms with van der Waals surface area (Å²) in [6, 6.07) is 5.14. The fourth-order valence-electron chi connectivity index (χ4n) is 1.71. The zero-order valence-corrected chi connectivity index (χ0v) is 8.18. The molecule has 0 fully saturated rings. The minimum Gasteiger partial charge on any atom is -0.508 e. The number of phenolic OH excluding ortho intramolecular Hbond substituents is 1. The molecule has 1 aliphatic rings. The molecule has 1 unspecified atom stereocenters. The van der Waals surface area contributed by atoms with Gasteiger partial charge in [-0.25, -0.2) is 4.39 Å². The molecule has 1 atom stereocenters. The Morgan fingerprint density at radius 3 is 3.07 bits per heavy atom. The molecule has 1 heterocycles. The van der Waals surface area contributed by atoms with Crippen molar-refractivity contribution in [2.75, 3.05) is 11.9 Å². The minimum atomic E-state index is -1.16. The van der Waals surface area contributed by atoms with E-state index in [1.165, 1.54) is 0 Å². The van der Waals surface area contributed by atoms with Crippen LogP contribution >= 0.6 is 0 Å². The highest BCUT2D eigenvalue weighted by atomic mass is 19.1. The first-order valence-corrected chi connectivity index (χ1v) is 4.81. The van der Waals surface area contributed by atoms with Gasteiger partial charge in [-0.2, -0.15) is 0 Å². The molecule has 1 aromatic rings. The molecule has 0 spiro atoms. The van der Waals surface area contributed by atoms with Gasteiger partial charge in [-0.05, 0) is 31.4 Å². The van der Waals surface area contributed by atoms with Crippen molar-refractivity contribution in [2.24, 2.45) is 0 Å². The summed E-state index contributed by atoms with van der Waals surface area (Å²) in [7, 11) is 0. The van der Waals surface area contributed by atoms with Crippen LogP contribution in [0.3, 0.4) is 0 Å². The molecule has 0 amide bonds. The van der Waals surface area contributed by atoms with Gasteiger partial charge in [0, 0.05) is 18.3 Å². The average Bonchev–Trinajstić information content (AvgIpc) is 2.26. The molecular formula is C11H14FNO. The van der Waals surface area contributed by atoms with Crippen molar-refractivity contribution in [3.05, 3.63) is 23.8 Å². The van der Waals surface area contributed by atoms with Gasteiger partial charge >= 0.3 is 0 Å². The zero-order chi connectivity index (χ0) is 10.2. The lowest BCUT2D eigenvalue weighted by atomic mass is 10.0. The third-order valence-electron chi connectivity index (χ3n) is 2.66.